The third kappa shape index (κ3) is 3.22. The third-order valence-corrected chi connectivity index (χ3v) is 4.54. The van der Waals surface area contributed by atoms with Gasteiger partial charge in [0.15, 0.2) is 5.82 Å². The van der Waals surface area contributed by atoms with Crippen LogP contribution < -0.4 is 11.1 Å². The number of rotatable bonds is 7. The van der Waals surface area contributed by atoms with Gasteiger partial charge in [-0.05, 0) is 31.7 Å². The number of aromatic nitrogens is 3. The summed E-state index contributed by atoms with van der Waals surface area (Å²) in [4.78, 5) is 21.1. The minimum absolute atomic E-state index is 0.385. The molecule has 0 aliphatic heterocycles. The molecule has 0 unspecified atom stereocenters. The Bertz CT molecular complexity index is 948. The van der Waals surface area contributed by atoms with Gasteiger partial charge in [-0.25, -0.2) is 14.8 Å². The molecule has 2 aromatic heterocycles. The van der Waals surface area contributed by atoms with E-state index in [1.165, 1.54) is 7.11 Å². The Morgan fingerprint density at radius 3 is 2.85 bits per heavy atom. The first kappa shape index (κ1) is 18.1. The lowest BCUT2D eigenvalue weighted by molar-refractivity contribution is 0.0601. The van der Waals surface area contributed by atoms with Crippen LogP contribution >= 0.6 is 0 Å². The predicted octanol–water partition coefficient (Wildman–Crippen LogP) is 2.52. The first-order valence-electron chi connectivity index (χ1n) is 8.92. The minimum Gasteiger partial charge on any atom is -0.465 e. The standard InChI is InChI=1S/C19H25N5O2/c1-4-5-6-15-23-16-17(24(15)10-9-21-2)13-8-7-12(19(25)26-3)11-14(13)22-18(16)20/h7-8,11,21H,4-6,9-10H2,1-3H3,(H2,20,22). The van der Waals surface area contributed by atoms with Gasteiger partial charge in [0.05, 0.1) is 23.7 Å². The number of nitrogens with zero attached hydrogens (tertiary/aromatic N) is 3. The zero-order valence-electron chi connectivity index (χ0n) is 15.5. The van der Waals surface area contributed by atoms with Gasteiger partial charge in [0.25, 0.3) is 0 Å². The van der Waals surface area contributed by atoms with Crippen LogP contribution in [-0.4, -0.2) is 41.2 Å². The maximum Gasteiger partial charge on any atom is 0.337 e. The van der Waals surface area contributed by atoms with E-state index in [1.807, 2.05) is 13.1 Å². The predicted molar refractivity (Wildman–Crippen MR) is 103 cm³/mol. The van der Waals surface area contributed by atoms with Crippen molar-refractivity contribution in [2.75, 3.05) is 26.4 Å². The normalized spacial score (nSPS) is 11.3. The molecule has 0 aliphatic carbocycles. The highest BCUT2D eigenvalue weighted by Crippen LogP contribution is 2.30. The SMILES string of the molecule is CCCCc1nc2c(N)nc3cc(C(=O)OC)ccc3c2n1CCNC. The molecule has 1 aromatic carbocycles. The van der Waals surface area contributed by atoms with Crippen LogP contribution in [-0.2, 0) is 17.7 Å². The van der Waals surface area contributed by atoms with E-state index in [4.69, 9.17) is 15.5 Å². The van der Waals surface area contributed by atoms with E-state index in [2.05, 4.69) is 21.8 Å². The van der Waals surface area contributed by atoms with Crippen molar-refractivity contribution in [2.24, 2.45) is 0 Å². The number of hydrogen-bond acceptors (Lipinski definition) is 6. The van der Waals surface area contributed by atoms with Gasteiger partial charge in [-0.15, -0.1) is 0 Å². The Labute approximate surface area is 152 Å². The molecule has 2 heterocycles. The zero-order valence-corrected chi connectivity index (χ0v) is 15.5. The van der Waals surface area contributed by atoms with Crippen LogP contribution in [0, 0.1) is 0 Å². The number of carbonyl (C=O) groups excluding carboxylic acids is 1. The van der Waals surface area contributed by atoms with Gasteiger partial charge in [0, 0.05) is 24.9 Å². The van der Waals surface area contributed by atoms with E-state index in [9.17, 15) is 4.79 Å². The van der Waals surface area contributed by atoms with Crippen LogP contribution in [0.15, 0.2) is 18.2 Å². The molecule has 3 rings (SSSR count). The van der Waals surface area contributed by atoms with Crippen molar-refractivity contribution in [2.45, 2.75) is 32.7 Å². The van der Waals surface area contributed by atoms with Crippen molar-refractivity contribution in [1.82, 2.24) is 19.9 Å². The number of imidazole rings is 1. The average molecular weight is 355 g/mol. The molecule has 26 heavy (non-hydrogen) atoms. The van der Waals surface area contributed by atoms with E-state index in [0.29, 0.717) is 16.9 Å². The quantitative estimate of drug-likeness (QED) is 0.632. The largest absolute Gasteiger partial charge is 0.465 e. The Hall–Kier alpha value is -2.67. The van der Waals surface area contributed by atoms with Crippen molar-refractivity contribution in [3.05, 3.63) is 29.6 Å². The van der Waals surface area contributed by atoms with E-state index in [1.54, 1.807) is 12.1 Å². The number of nitrogens with two attached hydrogens (primary N) is 1. The second-order valence-corrected chi connectivity index (χ2v) is 6.30. The van der Waals surface area contributed by atoms with Crippen LogP contribution in [0.3, 0.4) is 0 Å². The summed E-state index contributed by atoms with van der Waals surface area (Å²) >= 11 is 0. The molecule has 0 fully saturated rings. The van der Waals surface area contributed by atoms with Gasteiger partial charge in [0.2, 0.25) is 0 Å². The van der Waals surface area contributed by atoms with Crippen LogP contribution in [0.1, 0.15) is 35.9 Å². The van der Waals surface area contributed by atoms with Gasteiger partial charge < -0.3 is 20.4 Å². The number of unbranched alkanes of at least 4 members (excludes halogenated alkanes) is 1. The van der Waals surface area contributed by atoms with Gasteiger partial charge in [-0.1, -0.05) is 13.3 Å². The fourth-order valence-electron chi connectivity index (χ4n) is 3.19. The monoisotopic (exact) mass is 355 g/mol. The molecule has 0 atom stereocenters. The van der Waals surface area contributed by atoms with E-state index < -0.39 is 0 Å². The Morgan fingerprint density at radius 2 is 2.15 bits per heavy atom. The molecule has 7 heteroatoms. The van der Waals surface area contributed by atoms with Crippen LogP contribution in [0.25, 0.3) is 21.9 Å². The molecule has 3 aromatic rings. The van der Waals surface area contributed by atoms with Crippen molar-refractivity contribution in [3.8, 4) is 0 Å². The first-order valence-corrected chi connectivity index (χ1v) is 8.92. The summed E-state index contributed by atoms with van der Waals surface area (Å²) in [5, 5.41) is 4.13. The lowest BCUT2D eigenvalue weighted by atomic mass is 10.1. The van der Waals surface area contributed by atoms with E-state index >= 15 is 0 Å². The molecule has 0 saturated carbocycles. The summed E-state index contributed by atoms with van der Waals surface area (Å²) in [7, 11) is 3.30. The third-order valence-electron chi connectivity index (χ3n) is 4.54. The molecular weight excluding hydrogens is 330 g/mol. The summed E-state index contributed by atoms with van der Waals surface area (Å²) < 4.78 is 7.03. The molecule has 0 radical (unpaired) electrons. The van der Waals surface area contributed by atoms with Crippen LogP contribution in [0.5, 0.6) is 0 Å². The zero-order chi connectivity index (χ0) is 18.7. The summed E-state index contributed by atoms with van der Waals surface area (Å²) in [6, 6.07) is 5.38. The van der Waals surface area contributed by atoms with Gasteiger partial charge in [-0.2, -0.15) is 0 Å². The molecule has 7 nitrogen and oxygen atoms in total. The maximum atomic E-state index is 11.8. The summed E-state index contributed by atoms with van der Waals surface area (Å²) in [6.07, 6.45) is 3.07. The molecule has 138 valence electrons. The summed E-state index contributed by atoms with van der Waals surface area (Å²) in [5.41, 5.74) is 9.04. The molecule has 0 aliphatic rings. The fourth-order valence-corrected chi connectivity index (χ4v) is 3.19. The number of esters is 1. The molecule has 0 saturated heterocycles. The molecule has 0 bridgehead atoms. The van der Waals surface area contributed by atoms with Crippen molar-refractivity contribution in [3.63, 3.8) is 0 Å². The highest BCUT2D eigenvalue weighted by molar-refractivity contribution is 6.08. The first-order chi connectivity index (χ1) is 12.6. The Balaban J connectivity index is 2.25. The topological polar surface area (TPSA) is 95.1 Å². The van der Waals surface area contributed by atoms with Crippen LogP contribution in [0.4, 0.5) is 5.82 Å². The number of methoxy groups -OCH3 is 1. The van der Waals surface area contributed by atoms with Crippen LogP contribution in [0.2, 0.25) is 0 Å². The number of nitrogen functional groups attached to an aromatic ring is 1. The molecule has 3 N–H and O–H groups in total. The van der Waals surface area contributed by atoms with Crippen molar-refractivity contribution >= 4 is 33.7 Å². The van der Waals surface area contributed by atoms with Gasteiger partial charge in [-0.3, -0.25) is 0 Å². The fraction of sp³-hybridized carbons (Fsp3) is 0.421. The lowest BCUT2D eigenvalue weighted by Gasteiger charge is -2.11. The number of ether oxygens (including phenoxy) is 1. The molecular formula is C19H25N5O2. The second-order valence-electron chi connectivity index (χ2n) is 6.30. The van der Waals surface area contributed by atoms with Gasteiger partial charge in [0.1, 0.15) is 11.3 Å². The minimum atomic E-state index is -0.389. The average Bonchev–Trinajstić information content (AvgIpc) is 3.02. The number of nitrogens with one attached hydrogen (secondary N) is 1. The summed E-state index contributed by atoms with van der Waals surface area (Å²) in [5.74, 6) is 1.02. The number of likely N-dealkylation sites (N-methyl/N-ethyl adjacent to an activating group) is 1. The number of aryl methyl sites for hydroxylation is 1. The number of anilines is 1. The van der Waals surface area contributed by atoms with Gasteiger partial charge >= 0.3 is 5.97 Å². The molecule has 0 spiro atoms. The Morgan fingerprint density at radius 1 is 1.35 bits per heavy atom. The van der Waals surface area contributed by atoms with Crippen molar-refractivity contribution < 1.29 is 9.53 Å². The maximum absolute atomic E-state index is 11.8. The highest BCUT2D eigenvalue weighted by Gasteiger charge is 2.18. The Kier molecular flexibility index (Phi) is 5.37. The number of carbonyl (C=O) groups is 1. The second kappa shape index (κ2) is 7.70. The number of hydrogen-bond donors (Lipinski definition) is 2. The van der Waals surface area contributed by atoms with E-state index in [-0.39, 0.29) is 5.97 Å². The highest BCUT2D eigenvalue weighted by atomic mass is 16.5. The lowest BCUT2D eigenvalue weighted by Crippen LogP contribution is -2.16. The number of pyridine rings is 1. The summed E-state index contributed by atoms with van der Waals surface area (Å²) in [6.45, 7) is 3.79. The molecule has 0 amide bonds. The number of benzene rings is 1. The smallest absolute Gasteiger partial charge is 0.337 e. The van der Waals surface area contributed by atoms with E-state index in [0.717, 1.165) is 54.6 Å². The van der Waals surface area contributed by atoms with Crippen molar-refractivity contribution in [1.29, 1.82) is 0 Å². The number of fused-ring (bicyclic) bond motifs is 3.